The van der Waals surface area contributed by atoms with Crippen LogP contribution < -0.4 is 5.32 Å². The van der Waals surface area contributed by atoms with Crippen molar-refractivity contribution >= 4 is 32.9 Å². The Bertz CT molecular complexity index is 1580. The number of fused-ring (bicyclic) bond motifs is 1. The molecule has 1 aliphatic heterocycles. The molecule has 0 aromatic heterocycles. The summed E-state index contributed by atoms with van der Waals surface area (Å²) in [7, 11) is -3.09. The molecule has 13 heteroatoms. The standard InChI is InChI=1S/C26H21F6N3O3S/c1-35(14-16-10-18(25(27,28)29)12-19(11-16)26(30,31)32)23(36)22-13-33-15-34-24(22,39(2,37)38)21-9-5-7-17-6-3-4-8-20(17)21/h3-13,15H,14H2,1-2H3,(H,33,34). The van der Waals surface area contributed by atoms with Gasteiger partial charge in [0.15, 0.2) is 9.84 Å². The lowest BCUT2D eigenvalue weighted by atomic mass is 9.92. The fraction of sp³-hybridized carbons (Fsp3) is 0.231. The monoisotopic (exact) mass is 569 g/mol. The molecule has 0 spiro atoms. The first-order valence-electron chi connectivity index (χ1n) is 11.3. The maximum Gasteiger partial charge on any atom is 0.416 e. The molecular formula is C26H21F6N3O3S. The number of sulfone groups is 1. The number of benzene rings is 3. The molecule has 206 valence electrons. The molecule has 1 unspecified atom stereocenters. The minimum Gasteiger partial charge on any atom is -0.352 e. The van der Waals surface area contributed by atoms with E-state index in [0.717, 1.165) is 30.7 Å². The summed E-state index contributed by atoms with van der Waals surface area (Å²) in [6, 6.07) is 12.7. The molecule has 3 aromatic rings. The minimum atomic E-state index is -5.07. The Balaban J connectivity index is 1.81. The van der Waals surface area contributed by atoms with E-state index < -0.39 is 56.2 Å². The molecule has 0 radical (unpaired) electrons. The predicted molar refractivity (Wildman–Crippen MR) is 133 cm³/mol. The Kier molecular flexibility index (Phi) is 7.00. The topological polar surface area (TPSA) is 78.8 Å². The van der Waals surface area contributed by atoms with Crippen LogP contribution in [-0.2, 0) is 38.4 Å². The minimum absolute atomic E-state index is 0.0111. The van der Waals surface area contributed by atoms with E-state index in [-0.39, 0.29) is 17.2 Å². The van der Waals surface area contributed by atoms with Crippen molar-refractivity contribution in [1.29, 1.82) is 0 Å². The number of nitrogens with one attached hydrogen (secondary N) is 1. The Labute approximate surface area is 219 Å². The van der Waals surface area contributed by atoms with Crippen LogP contribution in [0, 0.1) is 0 Å². The Morgan fingerprint density at radius 3 is 2.13 bits per heavy atom. The van der Waals surface area contributed by atoms with Crippen molar-refractivity contribution in [2.24, 2.45) is 4.99 Å². The van der Waals surface area contributed by atoms with Crippen LogP contribution >= 0.6 is 0 Å². The molecule has 1 amide bonds. The van der Waals surface area contributed by atoms with Gasteiger partial charge < -0.3 is 10.2 Å². The summed E-state index contributed by atoms with van der Waals surface area (Å²) in [4.78, 5) is 16.5. The SMILES string of the molecule is CN(Cc1cc(C(F)(F)F)cc(C(F)(F)F)c1)C(=O)C1=CNC=NC1(c1cccc2ccccc12)S(C)(=O)=O. The first-order chi connectivity index (χ1) is 18.1. The van der Waals surface area contributed by atoms with E-state index in [9.17, 15) is 39.6 Å². The van der Waals surface area contributed by atoms with Crippen molar-refractivity contribution in [2.75, 3.05) is 13.3 Å². The highest BCUT2D eigenvalue weighted by atomic mass is 32.2. The molecule has 0 bridgehead atoms. The van der Waals surface area contributed by atoms with Crippen LogP contribution in [0.2, 0.25) is 0 Å². The smallest absolute Gasteiger partial charge is 0.352 e. The van der Waals surface area contributed by atoms with Gasteiger partial charge in [-0.25, -0.2) is 13.4 Å². The molecule has 1 aliphatic rings. The molecular weight excluding hydrogens is 548 g/mol. The van der Waals surface area contributed by atoms with E-state index in [1.807, 2.05) is 0 Å². The first-order valence-corrected chi connectivity index (χ1v) is 13.2. The summed E-state index contributed by atoms with van der Waals surface area (Å²) in [5.41, 5.74) is -3.73. The molecule has 6 nitrogen and oxygen atoms in total. The van der Waals surface area contributed by atoms with Gasteiger partial charge in [0, 0.05) is 31.6 Å². The lowest BCUT2D eigenvalue weighted by molar-refractivity contribution is -0.143. The van der Waals surface area contributed by atoms with Crippen LogP contribution in [0.4, 0.5) is 26.3 Å². The summed E-state index contributed by atoms with van der Waals surface area (Å²) in [5, 5.41) is 3.72. The number of hydrogen-bond donors (Lipinski definition) is 1. The molecule has 0 aliphatic carbocycles. The van der Waals surface area contributed by atoms with Gasteiger partial charge in [-0.15, -0.1) is 0 Å². The van der Waals surface area contributed by atoms with Crippen molar-refractivity contribution < 1.29 is 39.6 Å². The average molecular weight is 570 g/mol. The van der Waals surface area contributed by atoms with Crippen molar-refractivity contribution in [3.8, 4) is 0 Å². The summed E-state index contributed by atoms with van der Waals surface area (Å²) in [5.74, 6) is -0.969. The van der Waals surface area contributed by atoms with Crippen LogP contribution in [0.25, 0.3) is 10.8 Å². The number of carbonyl (C=O) groups excluding carboxylic acids is 1. The third-order valence-corrected chi connectivity index (χ3v) is 7.87. The lowest BCUT2D eigenvalue weighted by Gasteiger charge is -2.35. The number of alkyl halides is 6. The quantitative estimate of drug-likeness (QED) is 0.426. The van der Waals surface area contributed by atoms with E-state index in [2.05, 4.69) is 10.3 Å². The van der Waals surface area contributed by atoms with Gasteiger partial charge in [-0.2, -0.15) is 26.3 Å². The second kappa shape index (κ2) is 9.70. The molecule has 39 heavy (non-hydrogen) atoms. The second-order valence-electron chi connectivity index (χ2n) is 9.00. The maximum absolute atomic E-state index is 13.7. The van der Waals surface area contributed by atoms with Crippen LogP contribution in [0.15, 0.2) is 77.4 Å². The Morgan fingerprint density at radius 2 is 1.54 bits per heavy atom. The Hall–Kier alpha value is -3.87. The van der Waals surface area contributed by atoms with E-state index in [1.54, 1.807) is 36.4 Å². The molecule has 1 N–H and O–H groups in total. The number of nitrogens with zero attached hydrogens (tertiary/aromatic N) is 2. The van der Waals surface area contributed by atoms with Gasteiger partial charge in [-0.3, -0.25) is 4.79 Å². The van der Waals surface area contributed by atoms with Crippen molar-refractivity contribution in [3.63, 3.8) is 0 Å². The maximum atomic E-state index is 13.7. The zero-order chi connectivity index (χ0) is 28.8. The van der Waals surface area contributed by atoms with Crippen LogP contribution in [0.5, 0.6) is 0 Å². The molecule has 0 saturated carbocycles. The summed E-state index contributed by atoms with van der Waals surface area (Å²) >= 11 is 0. The zero-order valence-electron chi connectivity index (χ0n) is 20.4. The van der Waals surface area contributed by atoms with Gasteiger partial charge >= 0.3 is 12.4 Å². The molecule has 1 atom stereocenters. The predicted octanol–water partition coefficient (Wildman–Crippen LogP) is 5.25. The molecule has 3 aromatic carbocycles. The van der Waals surface area contributed by atoms with Crippen LogP contribution in [0.1, 0.15) is 22.3 Å². The van der Waals surface area contributed by atoms with Crippen molar-refractivity contribution in [2.45, 2.75) is 23.8 Å². The van der Waals surface area contributed by atoms with Gasteiger partial charge in [-0.05, 0) is 34.5 Å². The van der Waals surface area contributed by atoms with E-state index in [1.165, 1.54) is 6.07 Å². The van der Waals surface area contributed by atoms with Crippen molar-refractivity contribution in [3.05, 3.63) is 94.7 Å². The normalized spacial score (nSPS) is 18.0. The number of amides is 1. The number of carbonyl (C=O) groups is 1. The third kappa shape index (κ3) is 5.22. The lowest BCUT2D eigenvalue weighted by Crippen LogP contribution is -2.45. The van der Waals surface area contributed by atoms with Gasteiger partial charge in [-0.1, -0.05) is 42.5 Å². The van der Waals surface area contributed by atoms with E-state index in [4.69, 9.17) is 0 Å². The fourth-order valence-corrected chi connectivity index (χ4v) is 5.88. The number of hydrogen-bond acceptors (Lipinski definition) is 5. The van der Waals surface area contributed by atoms with Gasteiger partial charge in [0.1, 0.15) is 0 Å². The summed E-state index contributed by atoms with van der Waals surface area (Å²) in [6.07, 6.45) is -7.03. The second-order valence-corrected chi connectivity index (χ2v) is 11.1. The van der Waals surface area contributed by atoms with Gasteiger partial charge in [0.05, 0.1) is 23.0 Å². The largest absolute Gasteiger partial charge is 0.416 e. The summed E-state index contributed by atoms with van der Waals surface area (Å²) < 4.78 is 107. The zero-order valence-corrected chi connectivity index (χ0v) is 21.2. The molecule has 0 fully saturated rings. The Morgan fingerprint density at radius 1 is 0.949 bits per heavy atom. The third-order valence-electron chi connectivity index (χ3n) is 6.25. The highest BCUT2D eigenvalue weighted by Gasteiger charge is 2.51. The number of aliphatic imine (C=N–C) groups is 1. The van der Waals surface area contributed by atoms with Gasteiger partial charge in [0.2, 0.25) is 4.87 Å². The van der Waals surface area contributed by atoms with E-state index in [0.29, 0.717) is 22.9 Å². The first kappa shape index (κ1) is 28.1. The highest BCUT2D eigenvalue weighted by Crippen LogP contribution is 2.44. The summed E-state index contributed by atoms with van der Waals surface area (Å²) in [6.45, 7) is -0.678. The van der Waals surface area contributed by atoms with Crippen molar-refractivity contribution in [1.82, 2.24) is 10.2 Å². The average Bonchev–Trinajstić information content (AvgIpc) is 2.86. The number of likely N-dealkylation sites (N-methyl/N-ethyl adjacent to an activating group) is 1. The molecule has 4 rings (SSSR count). The molecule has 0 saturated heterocycles. The van der Waals surface area contributed by atoms with Crippen LogP contribution in [-0.4, -0.2) is 38.9 Å². The number of rotatable bonds is 5. The fourth-order valence-electron chi connectivity index (χ4n) is 4.52. The van der Waals surface area contributed by atoms with Gasteiger partial charge in [0.25, 0.3) is 5.91 Å². The van der Waals surface area contributed by atoms with Crippen LogP contribution in [0.3, 0.4) is 0 Å². The highest BCUT2D eigenvalue weighted by molar-refractivity contribution is 7.92. The molecule has 1 heterocycles. The van der Waals surface area contributed by atoms with E-state index >= 15 is 0 Å². The number of halogens is 6.